The topological polar surface area (TPSA) is 35.2 Å². The molecule has 1 saturated heterocycles. The highest BCUT2D eigenvalue weighted by atomic mass is 16.5. The number of rotatable bonds is 6. The Labute approximate surface area is 94.6 Å². The molecular formula is C13H27NO. The van der Waals surface area contributed by atoms with Gasteiger partial charge in [-0.25, -0.2) is 0 Å². The largest absolute Gasteiger partial charge is 0.378 e. The fourth-order valence-corrected chi connectivity index (χ4v) is 2.13. The van der Waals surface area contributed by atoms with E-state index in [1.165, 1.54) is 38.5 Å². The van der Waals surface area contributed by atoms with Crippen LogP contribution in [0.25, 0.3) is 0 Å². The lowest BCUT2D eigenvalue weighted by Gasteiger charge is -2.23. The predicted molar refractivity (Wildman–Crippen MR) is 64.9 cm³/mol. The standard InChI is InChI=1S/C13H27NO/c1-11(2)6-7-12(14)8-9-13-5-3-4-10-15-13/h11-13H,3-10,14H2,1-2H3. The van der Waals surface area contributed by atoms with Crippen molar-refractivity contribution in [2.24, 2.45) is 11.7 Å². The molecular weight excluding hydrogens is 186 g/mol. The maximum atomic E-state index is 6.08. The van der Waals surface area contributed by atoms with Crippen LogP contribution in [0.15, 0.2) is 0 Å². The van der Waals surface area contributed by atoms with Crippen molar-refractivity contribution in [3.8, 4) is 0 Å². The molecule has 0 saturated carbocycles. The van der Waals surface area contributed by atoms with Gasteiger partial charge >= 0.3 is 0 Å². The van der Waals surface area contributed by atoms with Gasteiger partial charge in [0.2, 0.25) is 0 Å². The van der Waals surface area contributed by atoms with Crippen molar-refractivity contribution < 1.29 is 4.74 Å². The van der Waals surface area contributed by atoms with Crippen molar-refractivity contribution in [2.75, 3.05) is 6.61 Å². The third kappa shape index (κ3) is 6.16. The van der Waals surface area contributed by atoms with Gasteiger partial charge in [-0.1, -0.05) is 13.8 Å². The summed E-state index contributed by atoms with van der Waals surface area (Å²) in [5, 5.41) is 0. The summed E-state index contributed by atoms with van der Waals surface area (Å²) in [6.45, 7) is 5.49. The molecule has 0 aromatic heterocycles. The van der Waals surface area contributed by atoms with Crippen LogP contribution in [0.1, 0.15) is 58.8 Å². The summed E-state index contributed by atoms with van der Waals surface area (Å²) >= 11 is 0. The second kappa shape index (κ2) is 7.24. The van der Waals surface area contributed by atoms with E-state index in [2.05, 4.69) is 13.8 Å². The molecule has 2 nitrogen and oxygen atoms in total. The van der Waals surface area contributed by atoms with Gasteiger partial charge in [0.25, 0.3) is 0 Å². The molecule has 2 unspecified atom stereocenters. The summed E-state index contributed by atoms with van der Waals surface area (Å²) in [6.07, 6.45) is 9.07. The summed E-state index contributed by atoms with van der Waals surface area (Å²) < 4.78 is 5.70. The molecule has 1 aliphatic heterocycles. The number of ether oxygens (including phenoxy) is 1. The van der Waals surface area contributed by atoms with Crippen molar-refractivity contribution >= 4 is 0 Å². The average Bonchev–Trinajstić information content (AvgIpc) is 2.25. The van der Waals surface area contributed by atoms with E-state index in [-0.39, 0.29) is 0 Å². The van der Waals surface area contributed by atoms with Gasteiger partial charge in [-0.3, -0.25) is 0 Å². The van der Waals surface area contributed by atoms with Gasteiger partial charge in [0, 0.05) is 12.6 Å². The first-order chi connectivity index (χ1) is 7.18. The van der Waals surface area contributed by atoms with Crippen LogP contribution in [0.4, 0.5) is 0 Å². The zero-order valence-electron chi connectivity index (χ0n) is 10.4. The number of hydrogen-bond acceptors (Lipinski definition) is 2. The van der Waals surface area contributed by atoms with Gasteiger partial charge in [-0.15, -0.1) is 0 Å². The Balaban J connectivity index is 2.02. The Kier molecular flexibility index (Phi) is 6.26. The van der Waals surface area contributed by atoms with Gasteiger partial charge in [0.05, 0.1) is 6.10 Å². The second-order valence-electron chi connectivity index (χ2n) is 5.30. The number of hydrogen-bond donors (Lipinski definition) is 1. The Morgan fingerprint density at radius 2 is 2.00 bits per heavy atom. The molecule has 0 radical (unpaired) electrons. The fraction of sp³-hybridized carbons (Fsp3) is 1.00. The van der Waals surface area contributed by atoms with Crippen LogP contribution in [-0.2, 0) is 4.74 Å². The van der Waals surface area contributed by atoms with Crippen LogP contribution in [-0.4, -0.2) is 18.8 Å². The summed E-state index contributed by atoms with van der Waals surface area (Å²) in [5.74, 6) is 0.780. The third-order valence-corrected chi connectivity index (χ3v) is 3.25. The van der Waals surface area contributed by atoms with Gasteiger partial charge < -0.3 is 10.5 Å². The minimum absolute atomic E-state index is 0.387. The number of nitrogens with two attached hydrogens (primary N) is 1. The molecule has 0 aliphatic carbocycles. The molecule has 1 aliphatic rings. The van der Waals surface area contributed by atoms with Crippen LogP contribution in [0.3, 0.4) is 0 Å². The van der Waals surface area contributed by atoms with Crippen LogP contribution in [0, 0.1) is 5.92 Å². The molecule has 0 spiro atoms. The van der Waals surface area contributed by atoms with Crippen LogP contribution < -0.4 is 5.73 Å². The highest BCUT2D eigenvalue weighted by molar-refractivity contribution is 4.69. The lowest BCUT2D eigenvalue weighted by atomic mass is 9.97. The van der Waals surface area contributed by atoms with Gasteiger partial charge in [-0.05, 0) is 50.9 Å². The minimum Gasteiger partial charge on any atom is -0.378 e. The molecule has 0 amide bonds. The fourth-order valence-electron chi connectivity index (χ4n) is 2.13. The van der Waals surface area contributed by atoms with E-state index in [0.717, 1.165) is 18.9 Å². The molecule has 15 heavy (non-hydrogen) atoms. The normalized spacial score (nSPS) is 24.4. The van der Waals surface area contributed by atoms with Crippen molar-refractivity contribution in [1.82, 2.24) is 0 Å². The first-order valence-electron chi connectivity index (χ1n) is 6.55. The van der Waals surface area contributed by atoms with E-state index in [1.54, 1.807) is 0 Å². The van der Waals surface area contributed by atoms with Crippen molar-refractivity contribution in [2.45, 2.75) is 70.9 Å². The first kappa shape index (κ1) is 13.0. The summed E-state index contributed by atoms with van der Waals surface area (Å²) in [6, 6.07) is 0.387. The van der Waals surface area contributed by atoms with Gasteiger partial charge in [0.1, 0.15) is 0 Å². The van der Waals surface area contributed by atoms with Crippen molar-refractivity contribution in [3.63, 3.8) is 0 Å². The molecule has 1 rings (SSSR count). The first-order valence-corrected chi connectivity index (χ1v) is 6.55. The lowest BCUT2D eigenvalue weighted by molar-refractivity contribution is 0.00898. The molecule has 1 fully saturated rings. The quantitative estimate of drug-likeness (QED) is 0.736. The molecule has 2 N–H and O–H groups in total. The Morgan fingerprint density at radius 1 is 1.20 bits per heavy atom. The molecule has 0 bridgehead atoms. The molecule has 0 aromatic rings. The predicted octanol–water partition coefficient (Wildman–Crippen LogP) is 3.10. The monoisotopic (exact) mass is 213 g/mol. The zero-order valence-corrected chi connectivity index (χ0v) is 10.4. The highest BCUT2D eigenvalue weighted by Crippen LogP contribution is 2.18. The van der Waals surface area contributed by atoms with Gasteiger partial charge in [0.15, 0.2) is 0 Å². The molecule has 2 heteroatoms. The average molecular weight is 213 g/mol. The zero-order chi connectivity index (χ0) is 11.1. The van der Waals surface area contributed by atoms with Crippen molar-refractivity contribution in [1.29, 1.82) is 0 Å². The van der Waals surface area contributed by atoms with E-state index in [4.69, 9.17) is 10.5 Å². The Hall–Kier alpha value is -0.0800. The highest BCUT2D eigenvalue weighted by Gasteiger charge is 2.15. The van der Waals surface area contributed by atoms with Crippen LogP contribution >= 0.6 is 0 Å². The smallest absolute Gasteiger partial charge is 0.0575 e. The maximum Gasteiger partial charge on any atom is 0.0575 e. The van der Waals surface area contributed by atoms with Gasteiger partial charge in [-0.2, -0.15) is 0 Å². The van der Waals surface area contributed by atoms with Crippen molar-refractivity contribution in [3.05, 3.63) is 0 Å². The van der Waals surface area contributed by atoms with Crippen LogP contribution in [0.5, 0.6) is 0 Å². The SMILES string of the molecule is CC(C)CCC(N)CCC1CCCCO1. The summed E-state index contributed by atoms with van der Waals surface area (Å²) in [4.78, 5) is 0. The lowest BCUT2D eigenvalue weighted by Crippen LogP contribution is -2.25. The van der Waals surface area contributed by atoms with E-state index >= 15 is 0 Å². The maximum absolute atomic E-state index is 6.08. The van der Waals surface area contributed by atoms with E-state index < -0.39 is 0 Å². The summed E-state index contributed by atoms with van der Waals surface area (Å²) in [7, 11) is 0. The molecule has 1 heterocycles. The van der Waals surface area contributed by atoms with E-state index in [0.29, 0.717) is 12.1 Å². The van der Waals surface area contributed by atoms with E-state index in [9.17, 15) is 0 Å². The molecule has 90 valence electrons. The molecule has 0 aromatic carbocycles. The second-order valence-corrected chi connectivity index (χ2v) is 5.30. The third-order valence-electron chi connectivity index (χ3n) is 3.25. The Morgan fingerprint density at radius 3 is 2.60 bits per heavy atom. The summed E-state index contributed by atoms with van der Waals surface area (Å²) in [5.41, 5.74) is 6.08. The van der Waals surface area contributed by atoms with Crippen LogP contribution in [0.2, 0.25) is 0 Å². The Bertz CT molecular complexity index is 153. The van der Waals surface area contributed by atoms with E-state index in [1.807, 2.05) is 0 Å². The molecule has 2 atom stereocenters. The minimum atomic E-state index is 0.387.